The third-order valence-corrected chi connectivity index (χ3v) is 4.79. The smallest absolute Gasteiger partial charge is 0.349 e. The highest BCUT2D eigenvalue weighted by Gasteiger charge is 2.23. The number of hydrogen-bond acceptors (Lipinski definition) is 5. The van der Waals surface area contributed by atoms with Gasteiger partial charge < -0.3 is 15.1 Å². The number of aromatic nitrogens is 2. The van der Waals surface area contributed by atoms with Gasteiger partial charge in [-0.05, 0) is 58.7 Å². The first-order chi connectivity index (χ1) is 12.4. The van der Waals surface area contributed by atoms with Gasteiger partial charge in [0.2, 0.25) is 0 Å². The fraction of sp³-hybridized carbons (Fsp3) is 0.526. The normalized spacial score (nSPS) is 17.5. The van der Waals surface area contributed by atoms with E-state index < -0.39 is 11.5 Å². The van der Waals surface area contributed by atoms with E-state index in [4.69, 9.17) is 4.42 Å². The van der Waals surface area contributed by atoms with Crippen molar-refractivity contribution < 1.29 is 9.21 Å². The van der Waals surface area contributed by atoms with Gasteiger partial charge in [0, 0.05) is 24.1 Å². The molecule has 1 fully saturated rings. The van der Waals surface area contributed by atoms with Crippen LogP contribution in [-0.2, 0) is 0 Å². The van der Waals surface area contributed by atoms with E-state index in [0.29, 0.717) is 17.1 Å². The fourth-order valence-corrected chi connectivity index (χ4v) is 3.37. The van der Waals surface area contributed by atoms with E-state index in [2.05, 4.69) is 15.7 Å². The van der Waals surface area contributed by atoms with Crippen LogP contribution in [0.4, 0.5) is 5.82 Å². The summed E-state index contributed by atoms with van der Waals surface area (Å²) in [6, 6.07) is 1.92. The van der Waals surface area contributed by atoms with E-state index in [0.717, 1.165) is 31.5 Å². The Labute approximate surface area is 152 Å². The molecule has 0 bridgehead atoms. The maximum Gasteiger partial charge on any atom is 0.349 e. The quantitative estimate of drug-likeness (QED) is 0.877. The molecule has 3 heterocycles. The molecule has 7 nitrogen and oxygen atoms in total. The zero-order chi connectivity index (χ0) is 18.8. The van der Waals surface area contributed by atoms with Crippen LogP contribution in [0.25, 0.3) is 0 Å². The largest absolute Gasteiger partial charge is 0.427 e. The van der Waals surface area contributed by atoms with Gasteiger partial charge in [0.1, 0.15) is 17.1 Å². The highest BCUT2D eigenvalue weighted by atomic mass is 16.4. The van der Waals surface area contributed by atoms with E-state index in [1.807, 2.05) is 26.8 Å². The van der Waals surface area contributed by atoms with Gasteiger partial charge in [0.15, 0.2) is 0 Å². The number of aryl methyl sites for hydroxylation is 2. The summed E-state index contributed by atoms with van der Waals surface area (Å²) in [5.74, 6) is 0.968. The summed E-state index contributed by atoms with van der Waals surface area (Å²) in [5.41, 5.74) is 0.941. The summed E-state index contributed by atoms with van der Waals surface area (Å²) in [6.07, 6.45) is 3.73. The molecule has 0 aliphatic carbocycles. The first kappa shape index (κ1) is 18.4. The first-order valence-corrected chi connectivity index (χ1v) is 9.09. The summed E-state index contributed by atoms with van der Waals surface area (Å²) in [7, 11) is 0. The van der Waals surface area contributed by atoms with E-state index in [9.17, 15) is 9.59 Å². The Morgan fingerprint density at radius 3 is 2.77 bits per heavy atom. The van der Waals surface area contributed by atoms with Gasteiger partial charge in [-0.25, -0.2) is 9.48 Å². The molecule has 3 rings (SSSR count). The predicted molar refractivity (Wildman–Crippen MR) is 99.9 cm³/mol. The summed E-state index contributed by atoms with van der Waals surface area (Å²) >= 11 is 0. The molecular weight excluding hydrogens is 332 g/mol. The molecule has 0 saturated carbocycles. The summed E-state index contributed by atoms with van der Waals surface area (Å²) in [4.78, 5) is 25.3. The van der Waals surface area contributed by atoms with Crippen LogP contribution in [0.15, 0.2) is 21.5 Å². The van der Waals surface area contributed by atoms with E-state index in [1.165, 1.54) is 0 Å². The molecule has 1 aliphatic rings. The number of rotatable bonds is 4. The van der Waals surface area contributed by atoms with Crippen molar-refractivity contribution >= 4 is 11.7 Å². The molecule has 2 aromatic heterocycles. The predicted octanol–water partition coefficient (Wildman–Crippen LogP) is 2.75. The zero-order valence-corrected chi connectivity index (χ0v) is 15.8. The van der Waals surface area contributed by atoms with Crippen molar-refractivity contribution in [3.63, 3.8) is 0 Å². The van der Waals surface area contributed by atoms with Gasteiger partial charge in [-0.2, -0.15) is 5.10 Å². The van der Waals surface area contributed by atoms with Crippen molar-refractivity contribution in [3.05, 3.63) is 45.1 Å². The van der Waals surface area contributed by atoms with Crippen molar-refractivity contribution in [2.24, 2.45) is 0 Å². The van der Waals surface area contributed by atoms with Gasteiger partial charge >= 0.3 is 5.63 Å². The summed E-state index contributed by atoms with van der Waals surface area (Å²) in [5, 5.41) is 10.4. The zero-order valence-electron chi connectivity index (χ0n) is 15.8. The Bertz CT molecular complexity index is 860. The Kier molecular flexibility index (Phi) is 5.27. The lowest BCUT2D eigenvalue weighted by molar-refractivity contribution is 0.102. The fourth-order valence-electron chi connectivity index (χ4n) is 3.37. The van der Waals surface area contributed by atoms with Crippen LogP contribution < -0.4 is 16.3 Å². The second-order valence-electron chi connectivity index (χ2n) is 7.21. The molecule has 2 N–H and O–H groups in total. The lowest BCUT2D eigenvalue weighted by atomic mass is 9.95. The Morgan fingerprint density at radius 1 is 1.38 bits per heavy atom. The standard InChI is InChI=1S/C19H26N4O3/c1-11(2)23-17(13(4)9-21-23)22-18(24)16-12(3)8-15(26-19(16)25)14-6-5-7-20-10-14/h8-9,11,14,20H,5-7,10H2,1-4H3,(H,22,24). The van der Waals surface area contributed by atoms with Crippen molar-refractivity contribution in [2.45, 2.75) is 52.5 Å². The summed E-state index contributed by atoms with van der Waals surface area (Å²) < 4.78 is 7.23. The molecule has 2 aromatic rings. The van der Waals surface area contributed by atoms with Crippen molar-refractivity contribution in [1.29, 1.82) is 0 Å². The van der Waals surface area contributed by atoms with E-state index in [1.54, 1.807) is 17.8 Å². The number of piperidine rings is 1. The van der Waals surface area contributed by atoms with E-state index >= 15 is 0 Å². The highest BCUT2D eigenvalue weighted by Crippen LogP contribution is 2.24. The molecule has 0 radical (unpaired) electrons. The molecular formula is C19H26N4O3. The lowest BCUT2D eigenvalue weighted by Crippen LogP contribution is -2.30. The minimum Gasteiger partial charge on any atom is -0.427 e. The molecule has 140 valence electrons. The van der Waals surface area contributed by atoms with Gasteiger partial charge in [-0.15, -0.1) is 0 Å². The van der Waals surface area contributed by atoms with Crippen LogP contribution in [-0.4, -0.2) is 28.8 Å². The van der Waals surface area contributed by atoms with Crippen LogP contribution >= 0.6 is 0 Å². The SMILES string of the molecule is Cc1cc(C2CCCNC2)oc(=O)c1C(=O)Nc1c(C)cnn1C(C)C. The average Bonchev–Trinajstić information content (AvgIpc) is 2.96. The third-order valence-electron chi connectivity index (χ3n) is 4.79. The van der Waals surface area contributed by atoms with Crippen LogP contribution in [0.2, 0.25) is 0 Å². The van der Waals surface area contributed by atoms with Crippen molar-refractivity contribution in [3.8, 4) is 0 Å². The Morgan fingerprint density at radius 2 is 2.15 bits per heavy atom. The van der Waals surface area contributed by atoms with Crippen molar-refractivity contribution in [2.75, 3.05) is 18.4 Å². The van der Waals surface area contributed by atoms with Gasteiger partial charge in [0.05, 0.1) is 6.20 Å². The second kappa shape index (κ2) is 7.45. The molecule has 26 heavy (non-hydrogen) atoms. The number of carbonyl (C=O) groups excluding carboxylic acids is 1. The van der Waals surface area contributed by atoms with Crippen LogP contribution in [0.5, 0.6) is 0 Å². The Hall–Kier alpha value is -2.41. The van der Waals surface area contributed by atoms with E-state index in [-0.39, 0.29) is 17.5 Å². The van der Waals surface area contributed by atoms with Crippen LogP contribution in [0, 0.1) is 13.8 Å². The van der Waals surface area contributed by atoms with Gasteiger partial charge in [-0.1, -0.05) is 0 Å². The maximum atomic E-state index is 12.7. The Balaban J connectivity index is 1.88. The first-order valence-electron chi connectivity index (χ1n) is 9.09. The average molecular weight is 358 g/mol. The topological polar surface area (TPSA) is 89.2 Å². The molecule has 1 unspecified atom stereocenters. The highest BCUT2D eigenvalue weighted by molar-refractivity contribution is 6.04. The molecule has 1 atom stereocenters. The molecule has 1 saturated heterocycles. The van der Waals surface area contributed by atoms with Crippen molar-refractivity contribution in [1.82, 2.24) is 15.1 Å². The maximum absolute atomic E-state index is 12.7. The molecule has 0 aromatic carbocycles. The summed E-state index contributed by atoms with van der Waals surface area (Å²) in [6.45, 7) is 9.39. The number of nitrogens with one attached hydrogen (secondary N) is 2. The lowest BCUT2D eigenvalue weighted by Gasteiger charge is -2.22. The molecule has 1 aliphatic heterocycles. The minimum absolute atomic E-state index is 0.0495. The number of anilines is 1. The number of nitrogens with zero attached hydrogens (tertiary/aromatic N) is 2. The van der Waals surface area contributed by atoms with Gasteiger partial charge in [-0.3, -0.25) is 4.79 Å². The molecule has 1 amide bonds. The van der Waals surface area contributed by atoms with Gasteiger partial charge in [0.25, 0.3) is 5.91 Å². The molecule has 7 heteroatoms. The minimum atomic E-state index is -0.587. The number of amides is 1. The van der Waals surface area contributed by atoms with Crippen LogP contribution in [0.3, 0.4) is 0 Å². The number of carbonyl (C=O) groups is 1. The third kappa shape index (κ3) is 3.58. The van der Waals surface area contributed by atoms with Crippen LogP contribution in [0.1, 0.15) is 65.9 Å². The monoisotopic (exact) mass is 358 g/mol. The second-order valence-corrected chi connectivity index (χ2v) is 7.21. The number of hydrogen-bond donors (Lipinski definition) is 2. The molecule has 0 spiro atoms.